The Hall–Kier alpha value is -2.30. The van der Waals surface area contributed by atoms with E-state index in [9.17, 15) is 0 Å². The van der Waals surface area contributed by atoms with Gasteiger partial charge in [0.1, 0.15) is 12.3 Å². The molecule has 0 aliphatic carbocycles. The Morgan fingerprint density at radius 2 is 1.88 bits per heavy atom. The Bertz CT molecular complexity index is 700. The van der Waals surface area contributed by atoms with Gasteiger partial charge in [-0.1, -0.05) is 58.0 Å². The van der Waals surface area contributed by atoms with Gasteiger partial charge in [-0.2, -0.15) is 0 Å². The smallest absolute Gasteiger partial charge is 0.216 e. The highest BCUT2D eigenvalue weighted by Crippen LogP contribution is 2.23. The summed E-state index contributed by atoms with van der Waals surface area (Å²) >= 11 is 0. The fourth-order valence-corrected chi connectivity index (χ4v) is 2.58. The zero-order valence-corrected chi connectivity index (χ0v) is 16.8. The molecular weight excluding hydrogens is 324 g/mol. The normalized spacial score (nSPS) is 14.8. The van der Waals surface area contributed by atoms with Gasteiger partial charge in [0.05, 0.1) is 6.20 Å². The number of aliphatic imine (C=N–C) groups is 1. The van der Waals surface area contributed by atoms with Crippen LogP contribution in [0.25, 0.3) is 0 Å². The van der Waals surface area contributed by atoms with Gasteiger partial charge < -0.3 is 15.1 Å². The largest absolute Gasteiger partial charge is 0.443 e. The van der Waals surface area contributed by atoms with Crippen LogP contribution in [0.1, 0.15) is 64.7 Å². The second kappa shape index (κ2) is 8.88. The molecule has 2 unspecified atom stereocenters. The molecule has 0 amide bonds. The average Bonchev–Trinajstić information content (AvgIpc) is 3.09. The van der Waals surface area contributed by atoms with Crippen molar-refractivity contribution in [1.82, 2.24) is 15.6 Å². The Kier molecular flexibility index (Phi) is 6.83. The first-order chi connectivity index (χ1) is 12.3. The summed E-state index contributed by atoms with van der Waals surface area (Å²) in [6.45, 7) is 14.0. The summed E-state index contributed by atoms with van der Waals surface area (Å²) in [5, 5.41) is 6.79. The summed E-state index contributed by atoms with van der Waals surface area (Å²) in [5.74, 6) is 2.66. The standard InChI is InChI=1S/C21H32N4O/c1-7-22-20(24-14-19-23-13-18(26-19)21(4,5)6)25-16(3)15(2)17-11-9-8-10-12-17/h8-13,15-16H,7,14H2,1-6H3,(H2,22,24,25). The average molecular weight is 357 g/mol. The van der Waals surface area contributed by atoms with Crippen LogP contribution in [-0.4, -0.2) is 23.5 Å². The molecule has 2 aromatic rings. The third-order valence-corrected chi connectivity index (χ3v) is 4.45. The molecular formula is C21H32N4O. The van der Waals surface area contributed by atoms with Gasteiger partial charge in [-0.25, -0.2) is 9.98 Å². The van der Waals surface area contributed by atoms with Crippen LogP contribution in [0.15, 0.2) is 45.9 Å². The van der Waals surface area contributed by atoms with E-state index in [-0.39, 0.29) is 11.5 Å². The fourth-order valence-electron chi connectivity index (χ4n) is 2.58. The molecule has 0 bridgehead atoms. The van der Waals surface area contributed by atoms with Crippen LogP contribution >= 0.6 is 0 Å². The molecule has 0 aliphatic heterocycles. The molecule has 5 nitrogen and oxygen atoms in total. The number of nitrogens with one attached hydrogen (secondary N) is 2. The van der Waals surface area contributed by atoms with Crippen molar-refractivity contribution < 1.29 is 4.42 Å². The third-order valence-electron chi connectivity index (χ3n) is 4.45. The molecule has 2 atom stereocenters. The molecule has 0 saturated heterocycles. The van der Waals surface area contributed by atoms with Crippen LogP contribution in [0.4, 0.5) is 0 Å². The number of aromatic nitrogens is 1. The highest BCUT2D eigenvalue weighted by Gasteiger charge is 2.19. The van der Waals surface area contributed by atoms with E-state index in [1.807, 2.05) is 6.07 Å². The second-order valence-corrected chi connectivity index (χ2v) is 7.70. The second-order valence-electron chi connectivity index (χ2n) is 7.70. The van der Waals surface area contributed by atoms with Crippen LogP contribution in [-0.2, 0) is 12.0 Å². The maximum atomic E-state index is 5.82. The van der Waals surface area contributed by atoms with Crippen LogP contribution in [0.2, 0.25) is 0 Å². The summed E-state index contributed by atoms with van der Waals surface area (Å²) in [6, 6.07) is 10.8. The summed E-state index contributed by atoms with van der Waals surface area (Å²) in [6.07, 6.45) is 1.80. The molecule has 0 fully saturated rings. The summed E-state index contributed by atoms with van der Waals surface area (Å²) in [7, 11) is 0. The van der Waals surface area contributed by atoms with E-state index in [1.54, 1.807) is 6.20 Å². The molecule has 26 heavy (non-hydrogen) atoms. The predicted octanol–water partition coefficient (Wildman–Crippen LogP) is 4.22. The van der Waals surface area contributed by atoms with Crippen LogP contribution in [0, 0.1) is 0 Å². The lowest BCUT2D eigenvalue weighted by Gasteiger charge is -2.24. The quantitative estimate of drug-likeness (QED) is 0.601. The number of hydrogen-bond acceptors (Lipinski definition) is 3. The molecule has 0 radical (unpaired) electrons. The predicted molar refractivity (Wildman–Crippen MR) is 107 cm³/mol. The topological polar surface area (TPSA) is 62.5 Å². The Morgan fingerprint density at radius 1 is 1.19 bits per heavy atom. The van der Waals surface area contributed by atoms with Crippen molar-refractivity contribution in [2.24, 2.45) is 4.99 Å². The minimum Gasteiger partial charge on any atom is -0.443 e. The highest BCUT2D eigenvalue weighted by atomic mass is 16.4. The number of oxazole rings is 1. The van der Waals surface area contributed by atoms with Crippen molar-refractivity contribution in [3.63, 3.8) is 0 Å². The zero-order valence-electron chi connectivity index (χ0n) is 16.8. The van der Waals surface area contributed by atoms with E-state index in [0.717, 1.165) is 18.3 Å². The van der Waals surface area contributed by atoms with E-state index in [1.165, 1.54) is 5.56 Å². The van der Waals surface area contributed by atoms with Crippen molar-refractivity contribution in [3.8, 4) is 0 Å². The van der Waals surface area contributed by atoms with Gasteiger partial charge in [0.2, 0.25) is 5.89 Å². The Labute approximate surface area is 157 Å². The van der Waals surface area contributed by atoms with Gasteiger partial charge >= 0.3 is 0 Å². The van der Waals surface area contributed by atoms with Crippen molar-refractivity contribution in [2.75, 3.05) is 6.54 Å². The SMILES string of the molecule is CCNC(=NCc1ncc(C(C)(C)C)o1)NC(C)C(C)c1ccccc1. The first-order valence-corrected chi connectivity index (χ1v) is 9.36. The molecule has 5 heteroatoms. The van der Waals surface area contributed by atoms with Gasteiger partial charge in [-0.05, 0) is 19.4 Å². The fraction of sp³-hybridized carbons (Fsp3) is 0.524. The summed E-state index contributed by atoms with van der Waals surface area (Å²) < 4.78 is 5.82. The summed E-state index contributed by atoms with van der Waals surface area (Å²) in [4.78, 5) is 8.98. The molecule has 1 aromatic carbocycles. The molecule has 2 rings (SSSR count). The highest BCUT2D eigenvalue weighted by molar-refractivity contribution is 5.80. The number of nitrogens with zero attached hydrogens (tertiary/aromatic N) is 2. The monoisotopic (exact) mass is 356 g/mol. The van der Waals surface area contributed by atoms with Gasteiger partial charge in [0.25, 0.3) is 0 Å². The Morgan fingerprint density at radius 3 is 2.46 bits per heavy atom. The number of hydrogen-bond donors (Lipinski definition) is 2. The molecule has 1 aromatic heterocycles. The van der Waals surface area contributed by atoms with E-state index in [0.29, 0.717) is 18.4 Å². The van der Waals surface area contributed by atoms with Gasteiger partial charge in [-0.3, -0.25) is 0 Å². The van der Waals surface area contributed by atoms with E-state index < -0.39 is 0 Å². The third kappa shape index (κ3) is 5.61. The summed E-state index contributed by atoms with van der Waals surface area (Å²) in [5.41, 5.74) is 1.27. The minimum atomic E-state index is -0.0443. The van der Waals surface area contributed by atoms with Crippen molar-refractivity contribution >= 4 is 5.96 Å². The lowest BCUT2D eigenvalue weighted by molar-refractivity contribution is 0.383. The molecule has 142 valence electrons. The molecule has 0 spiro atoms. The lowest BCUT2D eigenvalue weighted by Crippen LogP contribution is -2.44. The van der Waals surface area contributed by atoms with Crippen LogP contribution in [0.3, 0.4) is 0 Å². The number of rotatable bonds is 6. The van der Waals surface area contributed by atoms with Crippen LogP contribution in [0.5, 0.6) is 0 Å². The minimum absolute atomic E-state index is 0.0443. The van der Waals surface area contributed by atoms with Gasteiger partial charge in [0.15, 0.2) is 5.96 Å². The Balaban J connectivity index is 2.03. The zero-order chi connectivity index (χ0) is 19.2. The first-order valence-electron chi connectivity index (χ1n) is 9.36. The van der Waals surface area contributed by atoms with E-state index in [4.69, 9.17) is 4.42 Å². The van der Waals surface area contributed by atoms with Gasteiger partial charge in [-0.15, -0.1) is 0 Å². The van der Waals surface area contributed by atoms with E-state index in [2.05, 4.69) is 86.4 Å². The molecule has 2 N–H and O–H groups in total. The van der Waals surface area contributed by atoms with Crippen molar-refractivity contribution in [2.45, 2.75) is 65.5 Å². The van der Waals surface area contributed by atoms with Crippen molar-refractivity contribution in [3.05, 3.63) is 53.7 Å². The molecule has 0 saturated carbocycles. The maximum Gasteiger partial charge on any atom is 0.216 e. The maximum absolute atomic E-state index is 5.82. The van der Waals surface area contributed by atoms with Crippen LogP contribution < -0.4 is 10.6 Å². The van der Waals surface area contributed by atoms with E-state index >= 15 is 0 Å². The number of guanidine groups is 1. The van der Waals surface area contributed by atoms with Gasteiger partial charge in [0, 0.05) is 23.9 Å². The lowest BCUT2D eigenvalue weighted by atomic mass is 9.94. The molecule has 0 aliphatic rings. The first kappa shape index (κ1) is 20.0. The number of benzene rings is 1. The van der Waals surface area contributed by atoms with Crippen molar-refractivity contribution in [1.29, 1.82) is 0 Å². The molecule has 1 heterocycles.